The summed E-state index contributed by atoms with van der Waals surface area (Å²) in [5.74, 6) is -1.42. The molecule has 2 aromatic heterocycles. The van der Waals surface area contributed by atoms with Crippen molar-refractivity contribution in [1.29, 1.82) is 0 Å². The molecular weight excluding hydrogens is 894 g/mol. The molecule has 5 N–H and O–H groups in total. The molecule has 0 radical (unpaired) electrons. The monoisotopic (exact) mass is 949 g/mol. The van der Waals surface area contributed by atoms with Crippen LogP contribution in [0, 0.1) is 27.3 Å². The highest BCUT2D eigenvalue weighted by atomic mass is 32.2. The van der Waals surface area contributed by atoms with Crippen LogP contribution in [0.2, 0.25) is 0 Å². The minimum atomic E-state index is -4.72. The molecule has 5 aromatic rings. The summed E-state index contributed by atoms with van der Waals surface area (Å²) in [5.41, 5.74) is 1.58. The number of nitro groups is 1. The number of likely N-dealkylation sites (tertiary alicyclic amines) is 1. The summed E-state index contributed by atoms with van der Waals surface area (Å²) < 4.78 is 56.9. The molecule has 1 spiro atoms. The van der Waals surface area contributed by atoms with Gasteiger partial charge in [-0.3, -0.25) is 19.8 Å². The number of carbonyl (C=O) groups excluding carboxylic acids is 1. The smallest absolute Gasteiger partial charge is 0.297 e. The number of fused-ring (bicyclic) bond motifs is 2. The second-order valence-electron chi connectivity index (χ2n) is 20.5. The third kappa shape index (κ3) is 8.32. The number of hydrogen-bond donors (Lipinski definition) is 5. The van der Waals surface area contributed by atoms with Crippen molar-refractivity contribution in [2.45, 2.75) is 118 Å². The third-order valence-electron chi connectivity index (χ3n) is 15.9. The minimum Gasteiger partial charge on any atom is -0.489 e. The largest absolute Gasteiger partial charge is 0.489 e. The summed E-state index contributed by atoms with van der Waals surface area (Å²) in [4.78, 5) is 37.2. The zero-order chi connectivity index (χ0) is 47.2. The Kier molecular flexibility index (Phi) is 11.0. The summed E-state index contributed by atoms with van der Waals surface area (Å²) >= 11 is 0. The number of rotatable bonds is 11. The molecule has 11 rings (SSSR count). The van der Waals surface area contributed by atoms with Crippen molar-refractivity contribution in [1.82, 2.24) is 19.6 Å². The molecule has 3 aliphatic carbocycles. The van der Waals surface area contributed by atoms with Crippen LogP contribution in [0.15, 0.2) is 78.0 Å². The van der Waals surface area contributed by atoms with Gasteiger partial charge in [0.15, 0.2) is 11.4 Å². The molecule has 0 unspecified atom stereocenters. The van der Waals surface area contributed by atoms with Gasteiger partial charge in [0, 0.05) is 55.3 Å². The van der Waals surface area contributed by atoms with Crippen molar-refractivity contribution < 1.29 is 42.2 Å². The van der Waals surface area contributed by atoms with Crippen molar-refractivity contribution in [3.63, 3.8) is 0 Å². The van der Waals surface area contributed by atoms with E-state index < -0.39 is 48.5 Å². The highest BCUT2D eigenvalue weighted by Gasteiger charge is 2.51. The fraction of sp³-hybridized carbons (Fsp3) is 0.480. The van der Waals surface area contributed by atoms with Crippen LogP contribution >= 0.6 is 0 Å². The topological polar surface area (TPSA) is 212 Å². The first-order valence-electron chi connectivity index (χ1n) is 23.8. The number of nitro benzene ring substituents is 1. The van der Waals surface area contributed by atoms with Crippen LogP contribution in [-0.2, 0) is 15.6 Å². The van der Waals surface area contributed by atoms with Crippen LogP contribution in [0.25, 0.3) is 11.0 Å². The van der Waals surface area contributed by atoms with E-state index >= 15 is 0 Å². The quantitative estimate of drug-likeness (QED) is 0.0625. The van der Waals surface area contributed by atoms with E-state index in [1.165, 1.54) is 30.1 Å². The number of aromatic amines is 1. The molecule has 2 saturated heterocycles. The van der Waals surface area contributed by atoms with Gasteiger partial charge in [0.25, 0.3) is 21.6 Å². The van der Waals surface area contributed by atoms with Crippen LogP contribution in [0.5, 0.6) is 17.2 Å². The number of piperidine rings is 1. The minimum absolute atomic E-state index is 0.00623. The zero-order valence-electron chi connectivity index (χ0n) is 37.9. The molecule has 1 amide bonds. The maximum absolute atomic E-state index is 14.7. The number of carbonyl (C=O) groups is 1. The lowest BCUT2D eigenvalue weighted by Crippen LogP contribution is -2.55. The van der Waals surface area contributed by atoms with Crippen LogP contribution in [0.3, 0.4) is 0 Å². The number of H-pyrrole nitrogens is 1. The highest BCUT2D eigenvalue weighted by molar-refractivity contribution is 7.90. The third-order valence-corrected chi connectivity index (χ3v) is 17.3. The van der Waals surface area contributed by atoms with Crippen molar-refractivity contribution in [2.75, 3.05) is 36.5 Å². The summed E-state index contributed by atoms with van der Waals surface area (Å²) in [7, 11) is -4.72. The normalized spacial score (nSPS) is 25.5. The number of halogens is 1. The number of anilines is 2. The maximum Gasteiger partial charge on any atom is 0.297 e. The Hall–Kier alpha value is -5.82. The number of ether oxygens (including phenoxy) is 2. The molecule has 358 valence electrons. The number of sulfonamides is 1. The lowest BCUT2D eigenvalue weighted by Gasteiger charge is -2.56. The van der Waals surface area contributed by atoms with Gasteiger partial charge in [-0.25, -0.2) is 22.5 Å². The van der Waals surface area contributed by atoms with E-state index in [1.54, 1.807) is 19.1 Å². The van der Waals surface area contributed by atoms with Crippen molar-refractivity contribution in [3.05, 3.63) is 106 Å². The van der Waals surface area contributed by atoms with E-state index in [-0.39, 0.29) is 57.9 Å². The number of aromatic nitrogens is 2. The summed E-state index contributed by atoms with van der Waals surface area (Å²) in [6.45, 7) is 4.49. The number of aliphatic hydroxyl groups is 2. The molecule has 16 nitrogen and oxygen atoms in total. The van der Waals surface area contributed by atoms with Crippen LogP contribution in [0.1, 0.15) is 112 Å². The number of hydrogen-bond acceptors (Lipinski definition) is 13. The summed E-state index contributed by atoms with van der Waals surface area (Å²) in [6.07, 6.45) is 13.1. The number of pyridine rings is 1. The van der Waals surface area contributed by atoms with E-state index in [1.807, 2.05) is 6.07 Å². The fourth-order valence-electron chi connectivity index (χ4n) is 11.8. The van der Waals surface area contributed by atoms with Crippen LogP contribution < -0.4 is 24.4 Å². The molecule has 0 bridgehead atoms. The van der Waals surface area contributed by atoms with Gasteiger partial charge in [-0.15, -0.1) is 0 Å². The molecule has 3 aromatic carbocycles. The molecule has 3 saturated carbocycles. The summed E-state index contributed by atoms with van der Waals surface area (Å²) in [5, 5.41) is 37.3. The highest BCUT2D eigenvalue weighted by Crippen LogP contribution is 2.56. The lowest BCUT2D eigenvalue weighted by atomic mass is 9.59. The Balaban J connectivity index is 0.807. The Morgan fingerprint density at radius 1 is 1.00 bits per heavy atom. The molecule has 68 heavy (non-hydrogen) atoms. The van der Waals surface area contributed by atoms with E-state index in [2.05, 4.69) is 48.0 Å². The first kappa shape index (κ1) is 44.7. The number of nitrogens with one attached hydrogen (secondary N) is 3. The predicted molar refractivity (Wildman–Crippen MR) is 251 cm³/mol. The van der Waals surface area contributed by atoms with Gasteiger partial charge in [0.1, 0.15) is 29.6 Å². The van der Waals surface area contributed by atoms with E-state index in [9.17, 15) is 37.9 Å². The van der Waals surface area contributed by atoms with Gasteiger partial charge in [-0.05, 0) is 131 Å². The predicted octanol–water partition coefficient (Wildman–Crippen LogP) is 8.20. The second kappa shape index (κ2) is 16.7. The average Bonchev–Trinajstić information content (AvgIpc) is 3.69. The molecule has 5 heterocycles. The van der Waals surface area contributed by atoms with Crippen LogP contribution in [0.4, 0.5) is 21.5 Å². The molecular formula is C50H56FN7O9S. The number of benzene rings is 3. The summed E-state index contributed by atoms with van der Waals surface area (Å²) in [6, 6.07) is 17.4. The standard InChI is InChI=1S/C50H56FN7O9S/c1-48(60)12-10-30(11-13-48)40-29-66-44-24-34(23-42(58(62)63)45(44)54-40)68(64,65)55-47(59)36-9-8-31(21-43(36)67-33-22-37-39(51)28-53-46(37)52-27-33)56-19-16-49(17-20-56)25-32(26-49)57-18-4-7-41(57)35-5-2-3-6-38(35)50(61)14-15-50/h2-3,5-6,8-9,21-24,27-28,30,32,40-41,54,60-61H,4,7,10-20,25-26,29H2,1H3,(H,52,53)(H,55,59)/t30?,40-,41-,48?/m1/s1. The Bertz CT molecular complexity index is 2920. The van der Waals surface area contributed by atoms with Gasteiger partial charge in [-0.2, -0.15) is 0 Å². The van der Waals surface area contributed by atoms with Gasteiger partial charge < -0.3 is 34.9 Å². The van der Waals surface area contributed by atoms with Gasteiger partial charge in [0.2, 0.25) is 0 Å². The van der Waals surface area contributed by atoms with Gasteiger partial charge in [0.05, 0.1) is 44.2 Å². The van der Waals surface area contributed by atoms with Crippen LogP contribution in [-0.4, -0.2) is 88.3 Å². The fourth-order valence-corrected chi connectivity index (χ4v) is 12.8. The molecule has 6 aliphatic rings. The van der Waals surface area contributed by atoms with E-state index in [0.29, 0.717) is 43.4 Å². The second-order valence-corrected chi connectivity index (χ2v) is 22.1. The molecule has 18 heteroatoms. The maximum atomic E-state index is 14.7. The Labute approximate surface area is 393 Å². The first-order chi connectivity index (χ1) is 32.6. The SMILES string of the molecule is CC1(O)CCC([C@H]2COc3cc(S(=O)(=O)NC(=O)c4ccc(N5CCC6(CC5)CC(N5CCC[C@@H]5c5ccccc5C5(O)CC5)C6)cc4Oc4cnc5[nH]cc(F)c5c4)cc([N+](=O)[O-])c3N2)CC1. The Morgan fingerprint density at radius 2 is 1.76 bits per heavy atom. The molecule has 2 atom stereocenters. The average molecular weight is 950 g/mol. The zero-order valence-corrected chi connectivity index (χ0v) is 38.7. The van der Waals surface area contributed by atoms with Gasteiger partial charge in [-0.1, -0.05) is 24.3 Å². The van der Waals surface area contributed by atoms with Crippen molar-refractivity contribution in [2.24, 2.45) is 11.3 Å². The van der Waals surface area contributed by atoms with E-state index in [4.69, 9.17) is 9.47 Å². The van der Waals surface area contributed by atoms with E-state index in [0.717, 1.165) is 94.4 Å². The molecule has 3 aliphatic heterocycles. The first-order valence-corrected chi connectivity index (χ1v) is 25.3. The van der Waals surface area contributed by atoms with Crippen molar-refractivity contribution >= 4 is 44.0 Å². The number of amides is 1. The number of nitrogens with zero attached hydrogens (tertiary/aromatic N) is 4. The van der Waals surface area contributed by atoms with Crippen molar-refractivity contribution in [3.8, 4) is 17.2 Å². The van der Waals surface area contributed by atoms with Gasteiger partial charge >= 0.3 is 0 Å². The lowest BCUT2D eigenvalue weighted by molar-refractivity contribution is -0.384. The Morgan fingerprint density at radius 3 is 2.51 bits per heavy atom. The molecule has 5 fully saturated rings.